The van der Waals surface area contributed by atoms with E-state index in [1.165, 1.54) is 16.8 Å². The Morgan fingerprint density at radius 1 is 0.643 bits per heavy atom. The first-order valence-electron chi connectivity index (χ1n) is 9.40. The van der Waals surface area contributed by atoms with Crippen molar-refractivity contribution in [3.63, 3.8) is 0 Å². The first kappa shape index (κ1) is 17.9. The topological polar surface area (TPSA) is 17.0 Å². The van der Waals surface area contributed by atoms with Crippen LogP contribution in [0.3, 0.4) is 0 Å². The fourth-order valence-electron chi connectivity index (χ4n) is 3.50. The summed E-state index contributed by atoms with van der Waals surface area (Å²) in [6, 6.07) is 23.1. The molecule has 0 bridgehead atoms. The van der Waals surface area contributed by atoms with Crippen LogP contribution in [0.2, 0.25) is 0 Å². The highest BCUT2D eigenvalue weighted by Gasteiger charge is 2.16. The first-order chi connectivity index (χ1) is 13.7. The molecule has 0 atom stereocenters. The van der Waals surface area contributed by atoms with Gasteiger partial charge in [-0.25, -0.2) is 0 Å². The molecular weight excluding hydrogens is 344 g/mol. The Labute approximate surface area is 166 Å². The van der Waals surface area contributed by atoms with Gasteiger partial charge in [0.25, 0.3) is 0 Å². The van der Waals surface area contributed by atoms with Gasteiger partial charge in [-0.05, 0) is 19.4 Å². The number of aryl methyl sites for hydroxylation is 2. The van der Waals surface area contributed by atoms with Crippen LogP contribution < -0.4 is 13.9 Å². The highest BCUT2D eigenvalue weighted by atomic mass is 16.5. The van der Waals surface area contributed by atoms with E-state index >= 15 is 0 Å². The van der Waals surface area contributed by atoms with E-state index in [0.29, 0.717) is 0 Å². The Kier molecular flexibility index (Phi) is 4.90. The molecule has 4 rings (SSSR count). The second kappa shape index (κ2) is 7.65. The van der Waals surface area contributed by atoms with Crippen molar-refractivity contribution in [2.24, 2.45) is 0 Å². The van der Waals surface area contributed by atoms with Gasteiger partial charge in [0.15, 0.2) is 24.3 Å². The molecule has 138 valence electrons. The summed E-state index contributed by atoms with van der Waals surface area (Å²) in [5, 5.41) is 0. The van der Waals surface area contributed by atoms with E-state index in [2.05, 4.69) is 108 Å². The van der Waals surface area contributed by atoms with Crippen LogP contribution in [0, 0.1) is 13.8 Å². The number of nitrogens with zero attached hydrogens (tertiary/aromatic N) is 2. The third-order valence-corrected chi connectivity index (χ3v) is 5.07. The normalized spacial score (nSPS) is 10.7. The summed E-state index contributed by atoms with van der Waals surface area (Å²) in [7, 11) is 1.72. The molecule has 2 aromatic heterocycles. The van der Waals surface area contributed by atoms with E-state index in [1.807, 2.05) is 6.20 Å². The van der Waals surface area contributed by atoms with Crippen molar-refractivity contribution in [2.45, 2.75) is 13.8 Å². The molecule has 0 aliphatic heterocycles. The molecule has 0 aliphatic carbocycles. The summed E-state index contributed by atoms with van der Waals surface area (Å²) in [5.41, 5.74) is 7.00. The highest BCUT2D eigenvalue weighted by Crippen LogP contribution is 2.28. The van der Waals surface area contributed by atoms with Crippen LogP contribution in [0.15, 0.2) is 91.5 Å². The molecule has 0 aliphatic rings. The van der Waals surface area contributed by atoms with Gasteiger partial charge in [0.1, 0.15) is 0 Å². The van der Waals surface area contributed by atoms with Gasteiger partial charge >= 0.3 is 0 Å². The molecule has 0 spiro atoms. The zero-order chi connectivity index (χ0) is 19.5. The molecule has 0 radical (unpaired) electrons. The average molecular weight is 368 g/mol. The molecule has 4 aromatic rings. The second-order valence-corrected chi connectivity index (χ2v) is 6.90. The van der Waals surface area contributed by atoms with Gasteiger partial charge in [-0.15, -0.1) is 0 Å². The van der Waals surface area contributed by atoms with Crippen molar-refractivity contribution in [2.75, 3.05) is 7.11 Å². The van der Waals surface area contributed by atoms with E-state index in [1.54, 1.807) is 7.11 Å². The van der Waals surface area contributed by atoms with Crippen molar-refractivity contribution in [3.8, 4) is 28.3 Å². The predicted octanol–water partition coefficient (Wildman–Crippen LogP) is 4.53. The lowest BCUT2D eigenvalue weighted by atomic mass is 10.1. The number of benzene rings is 2. The Morgan fingerprint density at radius 2 is 1.18 bits per heavy atom. The quantitative estimate of drug-likeness (QED) is 0.484. The molecule has 2 heterocycles. The number of aromatic nitrogens is 2. The molecule has 28 heavy (non-hydrogen) atoms. The van der Waals surface area contributed by atoms with E-state index in [4.69, 9.17) is 4.74 Å². The number of para-hydroxylation sites is 2. The van der Waals surface area contributed by atoms with Crippen LogP contribution in [-0.2, 0) is 0 Å². The van der Waals surface area contributed by atoms with Crippen LogP contribution in [0.4, 0.5) is 0 Å². The third kappa shape index (κ3) is 3.39. The minimum atomic E-state index is 0.847. The number of hydrogen-bond acceptors (Lipinski definition) is 1. The molecule has 3 nitrogen and oxygen atoms in total. The summed E-state index contributed by atoms with van der Waals surface area (Å²) < 4.78 is 9.95. The van der Waals surface area contributed by atoms with E-state index in [0.717, 1.165) is 22.6 Å². The number of rotatable bonds is 4. The lowest BCUT2D eigenvalue weighted by Gasteiger charge is -2.08. The molecule has 2 aromatic carbocycles. The van der Waals surface area contributed by atoms with E-state index in [-0.39, 0.29) is 0 Å². The van der Waals surface area contributed by atoms with Gasteiger partial charge in [-0.1, -0.05) is 36.4 Å². The van der Waals surface area contributed by atoms with Crippen LogP contribution in [0.25, 0.3) is 22.5 Å². The maximum atomic E-state index is 5.71. The average Bonchev–Trinajstić information content (AvgIpc) is 2.74. The fraction of sp³-hybridized carbons (Fsp3) is 0.120. The van der Waals surface area contributed by atoms with Crippen molar-refractivity contribution < 1.29 is 13.9 Å². The summed E-state index contributed by atoms with van der Waals surface area (Å²) in [6.45, 7) is 4.24. The van der Waals surface area contributed by atoms with Gasteiger partial charge in [0.05, 0.1) is 7.11 Å². The number of pyridine rings is 2. The van der Waals surface area contributed by atoms with Gasteiger partial charge in [-0.3, -0.25) is 0 Å². The second-order valence-electron chi connectivity index (χ2n) is 6.90. The van der Waals surface area contributed by atoms with Gasteiger partial charge < -0.3 is 4.74 Å². The predicted molar refractivity (Wildman–Crippen MR) is 111 cm³/mol. The van der Waals surface area contributed by atoms with Gasteiger partial charge in [0.2, 0.25) is 17.6 Å². The Bertz CT molecular complexity index is 1120. The zero-order valence-electron chi connectivity index (χ0n) is 16.5. The highest BCUT2D eigenvalue weighted by molar-refractivity contribution is 5.68. The van der Waals surface area contributed by atoms with E-state index < -0.39 is 0 Å². The number of ether oxygens (including phenoxy) is 1. The van der Waals surface area contributed by atoms with Gasteiger partial charge in [0, 0.05) is 47.0 Å². The minimum absolute atomic E-state index is 0.847. The molecule has 0 saturated heterocycles. The molecule has 3 heteroatoms. The number of methoxy groups -OCH3 is 1. The molecule has 0 fully saturated rings. The van der Waals surface area contributed by atoms with Crippen LogP contribution >= 0.6 is 0 Å². The Hall–Kier alpha value is -3.46. The summed E-state index contributed by atoms with van der Waals surface area (Å²) >= 11 is 0. The van der Waals surface area contributed by atoms with Crippen molar-refractivity contribution in [1.29, 1.82) is 0 Å². The molecule has 0 amide bonds. The number of hydrogen-bond donors (Lipinski definition) is 0. The third-order valence-electron chi connectivity index (χ3n) is 5.07. The lowest BCUT2D eigenvalue weighted by molar-refractivity contribution is -0.596. The molecule has 0 N–H and O–H groups in total. The monoisotopic (exact) mass is 368 g/mol. The summed E-state index contributed by atoms with van der Waals surface area (Å²) in [4.78, 5) is 0. The van der Waals surface area contributed by atoms with Crippen LogP contribution in [0.1, 0.15) is 11.1 Å². The lowest BCUT2D eigenvalue weighted by Crippen LogP contribution is -2.31. The minimum Gasteiger partial charge on any atom is -0.490 e. The van der Waals surface area contributed by atoms with Crippen molar-refractivity contribution in [3.05, 3.63) is 103 Å². The first-order valence-corrected chi connectivity index (χ1v) is 9.40. The molecule has 0 unspecified atom stereocenters. The smallest absolute Gasteiger partial charge is 0.217 e. The zero-order valence-corrected chi connectivity index (χ0v) is 16.5. The van der Waals surface area contributed by atoms with Crippen molar-refractivity contribution in [1.82, 2.24) is 0 Å². The molecular formula is C25H24N2O+2. The maximum Gasteiger partial charge on any atom is 0.217 e. The van der Waals surface area contributed by atoms with Crippen LogP contribution in [-0.4, -0.2) is 7.11 Å². The SMILES string of the molecule is COc1c[n+](-c2ccccc2C)ccc1-c1cc[n+](-c2ccccc2C)cc1. The van der Waals surface area contributed by atoms with Gasteiger partial charge in [-0.2, -0.15) is 9.13 Å². The fourth-order valence-corrected chi connectivity index (χ4v) is 3.50. The standard InChI is InChI=1S/C25H24N2O/c1-19-8-4-6-10-23(19)26-15-12-21(13-16-26)22-14-17-27(18-25(22)28-3)24-11-7-5-9-20(24)2/h4-18H,1-3H3/q+2. The van der Waals surface area contributed by atoms with Crippen molar-refractivity contribution >= 4 is 0 Å². The van der Waals surface area contributed by atoms with Crippen LogP contribution in [0.5, 0.6) is 5.75 Å². The summed E-state index contributed by atoms with van der Waals surface area (Å²) in [5.74, 6) is 0.847. The Balaban J connectivity index is 1.71. The molecule has 0 saturated carbocycles. The largest absolute Gasteiger partial charge is 0.490 e. The van der Waals surface area contributed by atoms with E-state index in [9.17, 15) is 0 Å². The summed E-state index contributed by atoms with van der Waals surface area (Å²) in [6.07, 6.45) is 8.32. The maximum absolute atomic E-state index is 5.71. The Morgan fingerprint density at radius 3 is 1.75 bits per heavy atom.